The number of aryl methyl sites for hydroxylation is 1. The molecule has 0 saturated heterocycles. The van der Waals surface area contributed by atoms with Gasteiger partial charge in [-0.1, -0.05) is 23.7 Å². The molecule has 0 N–H and O–H groups in total. The summed E-state index contributed by atoms with van der Waals surface area (Å²) >= 11 is 5.86. The van der Waals surface area contributed by atoms with E-state index in [-0.39, 0.29) is 10.9 Å². The zero-order chi connectivity index (χ0) is 15.0. The Morgan fingerprint density at radius 2 is 2.00 bits per heavy atom. The lowest BCUT2D eigenvalue weighted by Crippen LogP contribution is -2.04. The highest BCUT2D eigenvalue weighted by Crippen LogP contribution is 2.30. The molecule has 0 aliphatic heterocycles. The zero-order valence-corrected chi connectivity index (χ0v) is 11.6. The van der Waals surface area contributed by atoms with Gasteiger partial charge in [-0.3, -0.25) is 4.40 Å². The Bertz CT molecular complexity index is 806. The zero-order valence-electron chi connectivity index (χ0n) is 10.8. The average Bonchev–Trinajstić information content (AvgIpc) is 2.82. The van der Waals surface area contributed by atoms with Gasteiger partial charge in [0.15, 0.2) is 11.5 Å². The maximum absolute atomic E-state index is 12.5. The van der Waals surface area contributed by atoms with E-state index in [1.807, 2.05) is 0 Å². The number of benzene rings is 1. The van der Waals surface area contributed by atoms with E-state index in [1.54, 1.807) is 35.6 Å². The Hall–Kier alpha value is -2.28. The van der Waals surface area contributed by atoms with Gasteiger partial charge < -0.3 is 4.74 Å². The fourth-order valence-corrected chi connectivity index (χ4v) is 2.30. The molecule has 0 amide bonds. The van der Waals surface area contributed by atoms with E-state index >= 15 is 0 Å². The van der Waals surface area contributed by atoms with Crippen molar-refractivity contribution >= 4 is 17.2 Å². The topological polar surface area (TPSA) is 52.3 Å². The maximum Gasteiger partial charge on any atom is 0.387 e. The minimum absolute atomic E-state index is 0.0242. The Labute approximate surface area is 123 Å². The maximum atomic E-state index is 12.5. The van der Waals surface area contributed by atoms with E-state index in [0.717, 1.165) is 0 Å². The fourth-order valence-electron chi connectivity index (χ4n) is 2.08. The smallest absolute Gasteiger partial charge is 0.387 e. The van der Waals surface area contributed by atoms with Gasteiger partial charge >= 0.3 is 6.61 Å². The molecule has 0 aliphatic rings. The number of para-hydroxylation sites is 1. The molecule has 0 radical (unpaired) electrons. The van der Waals surface area contributed by atoms with Crippen LogP contribution in [0.4, 0.5) is 8.78 Å². The number of ether oxygens (including phenoxy) is 1. The van der Waals surface area contributed by atoms with Crippen molar-refractivity contribution in [3.63, 3.8) is 0 Å². The number of aromatic nitrogens is 4. The van der Waals surface area contributed by atoms with Crippen LogP contribution in [0.25, 0.3) is 17.0 Å². The highest BCUT2D eigenvalue weighted by molar-refractivity contribution is 6.29. The summed E-state index contributed by atoms with van der Waals surface area (Å²) in [6, 6.07) is 7.92. The highest BCUT2D eigenvalue weighted by Gasteiger charge is 2.17. The number of hydrogen-bond donors (Lipinski definition) is 0. The molecule has 21 heavy (non-hydrogen) atoms. The van der Waals surface area contributed by atoms with Gasteiger partial charge in [-0.2, -0.15) is 8.78 Å². The van der Waals surface area contributed by atoms with E-state index in [9.17, 15) is 8.78 Å². The van der Waals surface area contributed by atoms with Crippen molar-refractivity contribution in [3.8, 4) is 17.1 Å². The Kier molecular flexibility index (Phi) is 3.42. The molecular weight excluding hydrogens is 302 g/mol. The van der Waals surface area contributed by atoms with Crippen molar-refractivity contribution in [3.05, 3.63) is 41.3 Å². The molecule has 0 spiro atoms. The minimum atomic E-state index is -2.92. The minimum Gasteiger partial charge on any atom is -0.434 e. The number of halogens is 3. The lowest BCUT2D eigenvalue weighted by molar-refractivity contribution is -0.0494. The second-order valence-electron chi connectivity index (χ2n) is 4.22. The van der Waals surface area contributed by atoms with Crippen LogP contribution in [0.1, 0.15) is 5.82 Å². The lowest BCUT2D eigenvalue weighted by atomic mass is 10.2. The molecule has 0 saturated carbocycles. The summed E-state index contributed by atoms with van der Waals surface area (Å²) in [5, 5.41) is 8.30. The van der Waals surface area contributed by atoms with Crippen LogP contribution in [0.2, 0.25) is 5.15 Å². The highest BCUT2D eigenvalue weighted by atomic mass is 35.5. The van der Waals surface area contributed by atoms with Crippen LogP contribution in [0.3, 0.4) is 0 Å². The van der Waals surface area contributed by atoms with Gasteiger partial charge in [0, 0.05) is 6.07 Å². The van der Waals surface area contributed by atoms with Crippen molar-refractivity contribution in [2.75, 3.05) is 0 Å². The molecule has 1 aromatic carbocycles. The molecule has 0 bridgehead atoms. The summed E-state index contributed by atoms with van der Waals surface area (Å²) in [6.45, 7) is -1.19. The summed E-state index contributed by atoms with van der Waals surface area (Å²) in [5.74, 6) is 0.934. The second kappa shape index (κ2) is 5.25. The van der Waals surface area contributed by atoms with E-state index in [4.69, 9.17) is 11.6 Å². The molecule has 0 atom stereocenters. The Morgan fingerprint density at radius 1 is 1.24 bits per heavy atom. The largest absolute Gasteiger partial charge is 0.434 e. The molecule has 3 rings (SSSR count). The van der Waals surface area contributed by atoms with Gasteiger partial charge in [-0.25, -0.2) is 4.98 Å². The molecule has 108 valence electrons. The molecule has 0 unspecified atom stereocenters. The first-order valence-corrected chi connectivity index (χ1v) is 6.36. The van der Waals surface area contributed by atoms with Crippen LogP contribution in [-0.4, -0.2) is 26.2 Å². The summed E-state index contributed by atoms with van der Waals surface area (Å²) in [5.41, 5.74) is 0.881. The van der Waals surface area contributed by atoms with E-state index in [1.165, 1.54) is 6.07 Å². The molecule has 2 heterocycles. The summed E-state index contributed by atoms with van der Waals surface area (Å²) in [7, 11) is 0. The Balaban J connectivity index is 2.22. The molecule has 2 aromatic heterocycles. The summed E-state index contributed by atoms with van der Waals surface area (Å²) in [6.07, 6.45) is 0. The molecule has 0 aliphatic carbocycles. The predicted molar refractivity (Wildman–Crippen MR) is 72.6 cm³/mol. The van der Waals surface area contributed by atoms with Crippen LogP contribution in [0.15, 0.2) is 30.3 Å². The first kappa shape index (κ1) is 13.7. The van der Waals surface area contributed by atoms with Crippen molar-refractivity contribution in [2.45, 2.75) is 13.5 Å². The SMILES string of the molecule is Cc1nc(Cl)cc2nnc(-c3ccccc3OC(F)F)n12. The third kappa shape index (κ3) is 2.52. The Morgan fingerprint density at radius 3 is 2.76 bits per heavy atom. The van der Waals surface area contributed by atoms with Crippen LogP contribution in [0.5, 0.6) is 5.75 Å². The molecular formula is C13H9ClF2N4O. The summed E-state index contributed by atoms with van der Waals surface area (Å²) < 4.78 is 31.1. The molecule has 5 nitrogen and oxygen atoms in total. The van der Waals surface area contributed by atoms with Crippen LogP contribution >= 0.6 is 11.6 Å². The van der Waals surface area contributed by atoms with Gasteiger partial charge in [0.05, 0.1) is 5.56 Å². The number of rotatable bonds is 3. The standard InChI is InChI=1S/C13H9ClF2N4O/c1-7-17-10(14)6-11-18-19-12(20(7)11)8-4-2-3-5-9(8)21-13(15)16/h2-6,13H,1H3. The first-order valence-electron chi connectivity index (χ1n) is 5.99. The summed E-state index contributed by atoms with van der Waals surface area (Å²) in [4.78, 5) is 4.11. The van der Waals surface area contributed by atoms with E-state index in [0.29, 0.717) is 22.9 Å². The van der Waals surface area contributed by atoms with Gasteiger partial charge in [-0.05, 0) is 19.1 Å². The van der Waals surface area contributed by atoms with Crippen molar-refractivity contribution < 1.29 is 13.5 Å². The third-order valence-electron chi connectivity index (χ3n) is 2.87. The average molecular weight is 311 g/mol. The fraction of sp³-hybridized carbons (Fsp3) is 0.154. The number of nitrogens with zero attached hydrogens (tertiary/aromatic N) is 4. The molecule has 0 fully saturated rings. The van der Waals surface area contributed by atoms with E-state index in [2.05, 4.69) is 19.9 Å². The second-order valence-corrected chi connectivity index (χ2v) is 4.61. The van der Waals surface area contributed by atoms with Crippen molar-refractivity contribution in [1.82, 2.24) is 19.6 Å². The number of fused-ring (bicyclic) bond motifs is 1. The molecule has 8 heteroatoms. The van der Waals surface area contributed by atoms with Gasteiger partial charge in [0.25, 0.3) is 0 Å². The normalized spacial score (nSPS) is 11.3. The van der Waals surface area contributed by atoms with Crippen molar-refractivity contribution in [1.29, 1.82) is 0 Å². The molecule has 3 aromatic rings. The van der Waals surface area contributed by atoms with Crippen LogP contribution in [0, 0.1) is 6.92 Å². The first-order chi connectivity index (χ1) is 10.1. The quantitative estimate of drug-likeness (QED) is 0.696. The van der Waals surface area contributed by atoms with Crippen LogP contribution < -0.4 is 4.74 Å². The van der Waals surface area contributed by atoms with E-state index < -0.39 is 6.61 Å². The third-order valence-corrected chi connectivity index (χ3v) is 3.07. The lowest BCUT2D eigenvalue weighted by Gasteiger charge is -2.10. The van der Waals surface area contributed by atoms with Crippen LogP contribution in [-0.2, 0) is 0 Å². The van der Waals surface area contributed by atoms with Crippen molar-refractivity contribution in [2.24, 2.45) is 0 Å². The number of hydrogen-bond acceptors (Lipinski definition) is 4. The predicted octanol–water partition coefficient (Wildman–Crippen LogP) is 3.35. The number of alkyl halides is 2. The van der Waals surface area contributed by atoms with Gasteiger partial charge in [-0.15, -0.1) is 10.2 Å². The van der Waals surface area contributed by atoms with Gasteiger partial charge in [0.1, 0.15) is 16.7 Å². The monoisotopic (exact) mass is 310 g/mol. The van der Waals surface area contributed by atoms with Gasteiger partial charge in [0.2, 0.25) is 0 Å².